The van der Waals surface area contributed by atoms with Crippen molar-refractivity contribution in [2.24, 2.45) is 5.92 Å². The molecule has 0 bridgehead atoms. The molecule has 0 aromatic rings. The Balaban J connectivity index is 2.05. The van der Waals surface area contributed by atoms with E-state index in [2.05, 4.69) is 17.6 Å². The fourth-order valence-corrected chi connectivity index (χ4v) is 2.40. The van der Waals surface area contributed by atoms with Crippen LogP contribution in [0.5, 0.6) is 0 Å². The van der Waals surface area contributed by atoms with Crippen LogP contribution >= 0.6 is 0 Å². The molecule has 1 fully saturated rings. The standard InChI is InChI=1S/C14H28N2O2/c1-11(12-7-5-6-8-12)15-9-10-16-13(17)18-14(2,3)4/h11-12,15H,5-10H2,1-4H3,(H,16,17). The van der Waals surface area contributed by atoms with Crippen molar-refractivity contribution in [2.75, 3.05) is 13.1 Å². The zero-order chi connectivity index (χ0) is 13.6. The van der Waals surface area contributed by atoms with E-state index in [9.17, 15) is 4.79 Å². The molecule has 1 atom stereocenters. The molecule has 0 aromatic heterocycles. The van der Waals surface area contributed by atoms with Crippen LogP contribution in [0.1, 0.15) is 53.4 Å². The van der Waals surface area contributed by atoms with Crippen LogP contribution in [0.25, 0.3) is 0 Å². The maximum Gasteiger partial charge on any atom is 0.407 e. The van der Waals surface area contributed by atoms with Crippen LogP contribution in [-0.2, 0) is 4.74 Å². The molecular weight excluding hydrogens is 228 g/mol. The highest BCUT2D eigenvalue weighted by Crippen LogP contribution is 2.27. The highest BCUT2D eigenvalue weighted by molar-refractivity contribution is 5.67. The fourth-order valence-electron chi connectivity index (χ4n) is 2.40. The normalized spacial score (nSPS) is 18.7. The molecule has 1 aliphatic rings. The largest absolute Gasteiger partial charge is 0.444 e. The van der Waals surface area contributed by atoms with Gasteiger partial charge >= 0.3 is 6.09 Å². The molecule has 0 spiro atoms. The van der Waals surface area contributed by atoms with Gasteiger partial charge in [-0.25, -0.2) is 4.79 Å². The van der Waals surface area contributed by atoms with Crippen molar-refractivity contribution < 1.29 is 9.53 Å². The topological polar surface area (TPSA) is 50.4 Å². The quantitative estimate of drug-likeness (QED) is 0.744. The lowest BCUT2D eigenvalue weighted by molar-refractivity contribution is 0.0527. The summed E-state index contributed by atoms with van der Waals surface area (Å²) in [5.41, 5.74) is -0.422. The van der Waals surface area contributed by atoms with Gasteiger partial charge in [-0.3, -0.25) is 0 Å². The van der Waals surface area contributed by atoms with E-state index in [4.69, 9.17) is 4.74 Å². The SMILES string of the molecule is CC(NCCNC(=O)OC(C)(C)C)C1CCCC1. The minimum Gasteiger partial charge on any atom is -0.444 e. The van der Waals surface area contributed by atoms with E-state index < -0.39 is 5.60 Å². The van der Waals surface area contributed by atoms with E-state index in [1.165, 1.54) is 25.7 Å². The molecule has 2 N–H and O–H groups in total. The molecule has 0 heterocycles. The summed E-state index contributed by atoms with van der Waals surface area (Å²) in [6.45, 7) is 9.26. The van der Waals surface area contributed by atoms with Gasteiger partial charge in [0.15, 0.2) is 0 Å². The maximum absolute atomic E-state index is 11.4. The van der Waals surface area contributed by atoms with Crippen molar-refractivity contribution in [3.05, 3.63) is 0 Å². The third-order valence-corrected chi connectivity index (χ3v) is 3.37. The minimum absolute atomic E-state index is 0.335. The lowest BCUT2D eigenvalue weighted by atomic mass is 10.00. The number of ether oxygens (including phenoxy) is 1. The van der Waals surface area contributed by atoms with Gasteiger partial charge in [-0.1, -0.05) is 12.8 Å². The van der Waals surface area contributed by atoms with Crippen LogP contribution in [0, 0.1) is 5.92 Å². The monoisotopic (exact) mass is 256 g/mol. The molecular formula is C14H28N2O2. The van der Waals surface area contributed by atoms with Gasteiger partial charge < -0.3 is 15.4 Å². The van der Waals surface area contributed by atoms with E-state index in [0.29, 0.717) is 12.6 Å². The first kappa shape index (κ1) is 15.3. The maximum atomic E-state index is 11.4. The lowest BCUT2D eigenvalue weighted by Crippen LogP contribution is -2.40. The number of hydrogen-bond acceptors (Lipinski definition) is 3. The van der Waals surface area contributed by atoms with Crippen molar-refractivity contribution in [2.45, 2.75) is 65.0 Å². The van der Waals surface area contributed by atoms with Crippen molar-refractivity contribution in [1.82, 2.24) is 10.6 Å². The second-order valence-electron chi connectivity index (χ2n) is 6.22. The number of amides is 1. The average Bonchev–Trinajstić information content (AvgIpc) is 2.74. The first-order valence-electron chi connectivity index (χ1n) is 7.09. The Morgan fingerprint density at radius 2 is 1.89 bits per heavy atom. The Labute approximate surface area is 111 Å². The van der Waals surface area contributed by atoms with Crippen LogP contribution in [0.4, 0.5) is 4.79 Å². The van der Waals surface area contributed by atoms with Gasteiger partial charge in [-0.15, -0.1) is 0 Å². The minimum atomic E-state index is -0.422. The Bertz CT molecular complexity index is 255. The van der Waals surface area contributed by atoms with Gasteiger partial charge in [0.05, 0.1) is 0 Å². The highest BCUT2D eigenvalue weighted by Gasteiger charge is 2.21. The van der Waals surface area contributed by atoms with Gasteiger partial charge in [0.2, 0.25) is 0 Å². The van der Waals surface area contributed by atoms with Gasteiger partial charge in [0.1, 0.15) is 5.60 Å². The molecule has 0 saturated heterocycles. The molecule has 1 aliphatic carbocycles. The van der Waals surface area contributed by atoms with Gasteiger partial charge in [0.25, 0.3) is 0 Å². The van der Waals surface area contributed by atoms with E-state index >= 15 is 0 Å². The highest BCUT2D eigenvalue weighted by atomic mass is 16.6. The summed E-state index contributed by atoms with van der Waals surface area (Å²) in [6, 6.07) is 0.549. The summed E-state index contributed by atoms with van der Waals surface area (Å²) >= 11 is 0. The Morgan fingerprint density at radius 1 is 1.28 bits per heavy atom. The van der Waals surface area contributed by atoms with Crippen molar-refractivity contribution in [3.8, 4) is 0 Å². The van der Waals surface area contributed by atoms with Crippen LogP contribution < -0.4 is 10.6 Å². The lowest BCUT2D eigenvalue weighted by Gasteiger charge is -2.22. The second-order valence-corrected chi connectivity index (χ2v) is 6.22. The molecule has 106 valence electrons. The zero-order valence-electron chi connectivity index (χ0n) is 12.2. The average molecular weight is 256 g/mol. The summed E-state index contributed by atoms with van der Waals surface area (Å²) in [6.07, 6.45) is 5.08. The van der Waals surface area contributed by atoms with E-state index in [-0.39, 0.29) is 6.09 Å². The number of nitrogens with one attached hydrogen (secondary N) is 2. The van der Waals surface area contributed by atoms with Crippen LogP contribution in [0.2, 0.25) is 0 Å². The summed E-state index contributed by atoms with van der Waals surface area (Å²) in [5.74, 6) is 0.812. The molecule has 1 rings (SSSR count). The summed E-state index contributed by atoms with van der Waals surface area (Å²) in [4.78, 5) is 11.4. The van der Waals surface area contributed by atoms with Crippen molar-refractivity contribution >= 4 is 6.09 Å². The van der Waals surface area contributed by atoms with Crippen molar-refractivity contribution in [1.29, 1.82) is 0 Å². The third-order valence-electron chi connectivity index (χ3n) is 3.37. The van der Waals surface area contributed by atoms with Crippen LogP contribution in [0.15, 0.2) is 0 Å². The predicted molar refractivity (Wildman–Crippen MR) is 73.7 cm³/mol. The number of alkyl carbamates (subject to hydrolysis) is 1. The summed E-state index contributed by atoms with van der Waals surface area (Å²) in [5, 5.41) is 6.23. The first-order chi connectivity index (χ1) is 8.38. The van der Waals surface area contributed by atoms with E-state index in [0.717, 1.165) is 12.5 Å². The van der Waals surface area contributed by atoms with Gasteiger partial charge in [0, 0.05) is 19.1 Å². The molecule has 0 aliphatic heterocycles. The number of carbonyl (C=O) groups is 1. The second kappa shape index (κ2) is 6.98. The van der Waals surface area contributed by atoms with Crippen LogP contribution in [0.3, 0.4) is 0 Å². The molecule has 1 unspecified atom stereocenters. The molecule has 0 radical (unpaired) electrons. The molecule has 0 aromatic carbocycles. The smallest absolute Gasteiger partial charge is 0.407 e. The predicted octanol–water partition coefficient (Wildman–Crippen LogP) is 2.68. The molecule has 1 saturated carbocycles. The Kier molecular flexibility index (Phi) is 5.93. The van der Waals surface area contributed by atoms with Crippen LogP contribution in [-0.4, -0.2) is 30.8 Å². The zero-order valence-corrected chi connectivity index (χ0v) is 12.2. The number of hydrogen-bond donors (Lipinski definition) is 2. The van der Waals surface area contributed by atoms with Crippen molar-refractivity contribution in [3.63, 3.8) is 0 Å². The molecule has 18 heavy (non-hydrogen) atoms. The van der Waals surface area contributed by atoms with E-state index in [1.807, 2.05) is 20.8 Å². The molecule has 4 nitrogen and oxygen atoms in total. The van der Waals surface area contributed by atoms with Gasteiger partial charge in [-0.2, -0.15) is 0 Å². The Morgan fingerprint density at radius 3 is 2.44 bits per heavy atom. The molecule has 1 amide bonds. The van der Waals surface area contributed by atoms with Gasteiger partial charge in [-0.05, 0) is 46.5 Å². The third kappa shape index (κ3) is 6.24. The number of carbonyl (C=O) groups excluding carboxylic acids is 1. The first-order valence-corrected chi connectivity index (χ1v) is 7.09. The van der Waals surface area contributed by atoms with E-state index in [1.54, 1.807) is 0 Å². The fraction of sp³-hybridized carbons (Fsp3) is 0.929. The molecule has 4 heteroatoms. The summed E-state index contributed by atoms with van der Waals surface area (Å²) < 4.78 is 5.17. The Hall–Kier alpha value is -0.770. The number of rotatable bonds is 5. The summed E-state index contributed by atoms with van der Waals surface area (Å²) in [7, 11) is 0.